The van der Waals surface area contributed by atoms with Crippen LogP contribution < -0.4 is 0 Å². The van der Waals surface area contributed by atoms with Crippen LogP contribution >= 0.6 is 0 Å². The highest BCUT2D eigenvalue weighted by atomic mass is 16.5. The van der Waals surface area contributed by atoms with Crippen LogP contribution in [-0.4, -0.2) is 35.5 Å². The van der Waals surface area contributed by atoms with Crippen LogP contribution in [0.3, 0.4) is 0 Å². The van der Waals surface area contributed by atoms with Crippen LogP contribution in [-0.2, 0) is 9.53 Å². The largest absolute Gasteiger partial charge is 0.481 e. The van der Waals surface area contributed by atoms with Gasteiger partial charge in [0, 0.05) is 7.11 Å². The first kappa shape index (κ1) is 84.4. The molecule has 0 fully saturated rings. The number of aliphatic hydroxyl groups is 1. The van der Waals surface area contributed by atoms with Crippen LogP contribution in [0.4, 0.5) is 0 Å². The van der Waals surface area contributed by atoms with Gasteiger partial charge in [0.05, 0.1) is 18.1 Å². The van der Waals surface area contributed by atoms with Gasteiger partial charge >= 0.3 is 5.97 Å². The van der Waals surface area contributed by atoms with Gasteiger partial charge in [-0.2, -0.15) is 0 Å². The van der Waals surface area contributed by atoms with Gasteiger partial charge in [0.25, 0.3) is 0 Å². The van der Waals surface area contributed by atoms with Crippen LogP contribution in [0, 0.1) is 11.8 Å². The van der Waals surface area contributed by atoms with Gasteiger partial charge in [-0.15, -0.1) is 0 Å². The molecule has 85 heavy (non-hydrogen) atoms. The summed E-state index contributed by atoms with van der Waals surface area (Å²) in [7, 11) is 1.95. The SMILES string of the molecule is CCCCCCCCCCCCCCCCCCCCC(C(=O)O)C(O)CCCCCCCCCCCCCCCCCCCCCCCCCCCCCCCCCCCCC(OC)C(C)CCCCCCCCCCCCCCCCCC. The van der Waals surface area contributed by atoms with Crippen LogP contribution in [0.15, 0.2) is 0 Å². The predicted octanol–water partition coefficient (Wildman–Crippen LogP) is 28.8. The van der Waals surface area contributed by atoms with Crippen molar-refractivity contribution in [3.05, 3.63) is 0 Å². The van der Waals surface area contributed by atoms with Crippen molar-refractivity contribution in [3.8, 4) is 0 Å². The second kappa shape index (κ2) is 74.1. The van der Waals surface area contributed by atoms with Gasteiger partial charge in [-0.05, 0) is 31.6 Å². The van der Waals surface area contributed by atoms with Gasteiger partial charge in [-0.3, -0.25) is 4.79 Å². The molecule has 0 aliphatic heterocycles. The van der Waals surface area contributed by atoms with E-state index in [-0.39, 0.29) is 0 Å². The maximum absolute atomic E-state index is 11.9. The van der Waals surface area contributed by atoms with Crippen molar-refractivity contribution in [2.45, 2.75) is 495 Å². The number of ether oxygens (including phenoxy) is 1. The molecule has 0 aromatic rings. The Bertz CT molecular complexity index is 1200. The van der Waals surface area contributed by atoms with Gasteiger partial charge in [-0.1, -0.05) is 457 Å². The van der Waals surface area contributed by atoms with Crippen LogP contribution in [0.2, 0.25) is 0 Å². The zero-order valence-electron chi connectivity index (χ0n) is 59.4. The second-order valence-corrected chi connectivity index (χ2v) is 28.8. The Balaban J connectivity index is 3.37. The van der Waals surface area contributed by atoms with Crippen molar-refractivity contribution >= 4 is 5.97 Å². The fraction of sp³-hybridized carbons (Fsp3) is 0.988. The fourth-order valence-electron chi connectivity index (χ4n) is 14.1. The lowest BCUT2D eigenvalue weighted by Crippen LogP contribution is -2.28. The summed E-state index contributed by atoms with van der Waals surface area (Å²) in [5.74, 6) is -0.671. The summed E-state index contributed by atoms with van der Waals surface area (Å²) in [5.41, 5.74) is 0. The van der Waals surface area contributed by atoms with Crippen LogP contribution in [0.5, 0.6) is 0 Å². The molecule has 0 aliphatic carbocycles. The lowest BCUT2D eigenvalue weighted by molar-refractivity contribution is -0.146. The Morgan fingerprint density at radius 3 is 0.612 bits per heavy atom. The minimum atomic E-state index is -0.800. The quantitative estimate of drug-likeness (QED) is 0.0596. The normalized spacial score (nSPS) is 13.3. The standard InChI is InChI=1S/C81H162O4/c1-5-7-9-11-13-15-17-19-21-23-42-46-50-54-58-62-66-70-74-78(81(83)84)79(82)75-71-67-63-59-55-51-47-43-40-38-36-34-32-30-28-26-24-25-27-29-31-33-35-37-39-41-44-48-52-56-60-64-68-72-76-80(85-4)77(3)73-69-65-61-57-53-49-45-22-20-18-16-14-12-10-8-6-2/h77-80,82H,5-76H2,1-4H3,(H,83,84). The summed E-state index contributed by atoms with van der Waals surface area (Å²) in [6, 6.07) is 0. The molecular weight excluding hydrogens is 1040 g/mol. The molecule has 4 heteroatoms. The van der Waals surface area contributed by atoms with Gasteiger partial charge < -0.3 is 14.9 Å². The number of rotatable bonds is 77. The molecule has 510 valence electrons. The topological polar surface area (TPSA) is 66.8 Å². The van der Waals surface area contributed by atoms with Crippen LogP contribution in [0.1, 0.15) is 483 Å². The van der Waals surface area contributed by atoms with E-state index in [1.807, 2.05) is 7.11 Å². The highest BCUT2D eigenvalue weighted by Gasteiger charge is 2.25. The summed E-state index contributed by atoms with van der Waals surface area (Å²) < 4.78 is 5.98. The minimum Gasteiger partial charge on any atom is -0.481 e. The van der Waals surface area contributed by atoms with E-state index in [0.717, 1.165) is 25.7 Å². The Morgan fingerprint density at radius 1 is 0.259 bits per heavy atom. The van der Waals surface area contributed by atoms with E-state index in [1.54, 1.807) is 0 Å². The van der Waals surface area contributed by atoms with Gasteiger partial charge in [0.1, 0.15) is 0 Å². The van der Waals surface area contributed by atoms with Gasteiger partial charge in [-0.25, -0.2) is 0 Å². The minimum absolute atomic E-state index is 0.471. The zero-order valence-corrected chi connectivity index (χ0v) is 59.4. The van der Waals surface area contributed by atoms with Crippen molar-refractivity contribution in [3.63, 3.8) is 0 Å². The number of carboxylic acid groups (broad SMARTS) is 1. The first-order chi connectivity index (χ1) is 42.0. The summed E-state index contributed by atoms with van der Waals surface area (Å²) in [5, 5.41) is 20.5. The third-order valence-corrected chi connectivity index (χ3v) is 20.3. The fourth-order valence-corrected chi connectivity index (χ4v) is 14.1. The summed E-state index contributed by atoms with van der Waals surface area (Å²) in [6.45, 7) is 7.05. The third-order valence-electron chi connectivity index (χ3n) is 20.3. The van der Waals surface area contributed by atoms with E-state index in [1.165, 1.54) is 424 Å². The number of unbranched alkanes of at least 4 members (excludes halogenated alkanes) is 65. The molecular formula is C81H162O4. The molecule has 4 unspecified atom stereocenters. The molecule has 0 rings (SSSR count). The maximum Gasteiger partial charge on any atom is 0.309 e. The Morgan fingerprint density at radius 2 is 0.424 bits per heavy atom. The summed E-state index contributed by atoms with van der Waals surface area (Å²) >= 11 is 0. The van der Waals surface area contributed by atoms with Gasteiger partial charge in [0.2, 0.25) is 0 Å². The Labute approximate surface area is 537 Å². The number of hydrogen-bond acceptors (Lipinski definition) is 3. The predicted molar refractivity (Wildman–Crippen MR) is 381 cm³/mol. The number of methoxy groups -OCH3 is 1. The van der Waals surface area contributed by atoms with Crippen molar-refractivity contribution in [2.75, 3.05) is 7.11 Å². The smallest absolute Gasteiger partial charge is 0.309 e. The Kier molecular flexibility index (Phi) is 73.6. The highest BCUT2D eigenvalue weighted by Crippen LogP contribution is 2.25. The van der Waals surface area contributed by atoms with Crippen molar-refractivity contribution in [1.29, 1.82) is 0 Å². The second-order valence-electron chi connectivity index (χ2n) is 28.8. The molecule has 4 atom stereocenters. The van der Waals surface area contributed by atoms with Crippen molar-refractivity contribution in [2.24, 2.45) is 11.8 Å². The molecule has 0 amide bonds. The molecule has 0 aromatic carbocycles. The van der Waals surface area contributed by atoms with E-state index in [2.05, 4.69) is 20.8 Å². The molecule has 0 aromatic heterocycles. The van der Waals surface area contributed by atoms with E-state index < -0.39 is 18.0 Å². The number of aliphatic carboxylic acids is 1. The monoisotopic (exact) mass is 1200 g/mol. The molecule has 0 radical (unpaired) electrons. The molecule has 0 heterocycles. The van der Waals surface area contributed by atoms with Gasteiger partial charge in [0.15, 0.2) is 0 Å². The van der Waals surface area contributed by atoms with E-state index >= 15 is 0 Å². The third kappa shape index (κ3) is 67.6. The van der Waals surface area contributed by atoms with Crippen molar-refractivity contribution < 1.29 is 19.7 Å². The molecule has 4 nitrogen and oxygen atoms in total. The lowest BCUT2D eigenvalue weighted by atomic mass is 9.91. The molecule has 2 N–H and O–H groups in total. The average Bonchev–Trinajstić information content (AvgIpc) is 3.56. The molecule has 0 aliphatic rings. The molecule has 0 spiro atoms. The average molecular weight is 1200 g/mol. The maximum atomic E-state index is 11.9. The number of carboxylic acids is 1. The molecule has 0 bridgehead atoms. The number of carbonyl (C=O) groups is 1. The first-order valence-corrected chi connectivity index (χ1v) is 40.4. The first-order valence-electron chi connectivity index (χ1n) is 40.4. The van der Waals surface area contributed by atoms with Crippen LogP contribution in [0.25, 0.3) is 0 Å². The summed E-state index contributed by atoms with van der Waals surface area (Å²) in [6.07, 6.45) is 98.8. The number of aliphatic hydroxyl groups excluding tert-OH is 1. The molecule has 0 saturated carbocycles. The highest BCUT2D eigenvalue weighted by molar-refractivity contribution is 5.70. The van der Waals surface area contributed by atoms with E-state index in [0.29, 0.717) is 24.9 Å². The Hall–Kier alpha value is -0.610. The van der Waals surface area contributed by atoms with E-state index in [9.17, 15) is 15.0 Å². The van der Waals surface area contributed by atoms with Crippen molar-refractivity contribution in [1.82, 2.24) is 0 Å². The summed E-state index contributed by atoms with van der Waals surface area (Å²) in [4.78, 5) is 11.9. The zero-order chi connectivity index (χ0) is 61.5. The lowest BCUT2D eigenvalue weighted by Gasteiger charge is -2.22. The molecule has 0 saturated heterocycles. The number of hydrogen-bond donors (Lipinski definition) is 2. The van der Waals surface area contributed by atoms with E-state index in [4.69, 9.17) is 4.74 Å².